The van der Waals surface area contributed by atoms with Gasteiger partial charge in [-0.3, -0.25) is 5.43 Å². The number of methoxy groups -OCH3 is 3. The van der Waals surface area contributed by atoms with Crippen LogP contribution in [0.5, 0.6) is 17.2 Å². The van der Waals surface area contributed by atoms with Crippen LogP contribution in [0.2, 0.25) is 0 Å². The molecular formula is C26H24N4O3. The Bertz CT molecular complexity index is 1320. The van der Waals surface area contributed by atoms with E-state index in [-0.39, 0.29) is 0 Å². The van der Waals surface area contributed by atoms with E-state index in [0.717, 1.165) is 16.5 Å². The minimum atomic E-state index is 0.488. The van der Waals surface area contributed by atoms with Crippen LogP contribution in [0.1, 0.15) is 11.3 Å². The smallest absolute Gasteiger partial charge is 0.173 e. The number of hydrazone groups is 1. The number of fused-ring (bicyclic) bond motifs is 1. The number of benzene rings is 3. The van der Waals surface area contributed by atoms with Gasteiger partial charge >= 0.3 is 0 Å². The number of aromatic nitrogens is 1. The highest BCUT2D eigenvalue weighted by atomic mass is 16.5. The SMILES string of the molecule is COc1ccccc1N=C(NN=Cc1ccc(OC)c(OC)c1)c1ccc2ccccc2n1. The molecule has 4 aromatic rings. The number of ether oxygens (including phenoxy) is 3. The van der Waals surface area contributed by atoms with Crippen LogP contribution in [-0.4, -0.2) is 38.4 Å². The van der Waals surface area contributed by atoms with Gasteiger partial charge in [0.2, 0.25) is 0 Å². The summed E-state index contributed by atoms with van der Waals surface area (Å²) in [7, 11) is 4.82. The van der Waals surface area contributed by atoms with Crippen molar-refractivity contribution in [3.8, 4) is 17.2 Å². The van der Waals surface area contributed by atoms with Crippen molar-refractivity contribution in [3.05, 3.63) is 90.1 Å². The van der Waals surface area contributed by atoms with E-state index in [4.69, 9.17) is 24.2 Å². The van der Waals surface area contributed by atoms with E-state index in [1.54, 1.807) is 27.5 Å². The van der Waals surface area contributed by atoms with E-state index in [2.05, 4.69) is 10.5 Å². The maximum atomic E-state index is 5.45. The Morgan fingerprint density at radius 3 is 2.36 bits per heavy atom. The Morgan fingerprint density at radius 1 is 0.788 bits per heavy atom. The number of amidine groups is 1. The van der Waals surface area contributed by atoms with Crippen LogP contribution in [-0.2, 0) is 0 Å². The fraction of sp³-hybridized carbons (Fsp3) is 0.115. The number of hydrogen-bond donors (Lipinski definition) is 1. The third-order valence-corrected chi connectivity index (χ3v) is 4.95. The molecule has 0 bridgehead atoms. The molecule has 1 heterocycles. The van der Waals surface area contributed by atoms with Crippen LogP contribution in [0.4, 0.5) is 5.69 Å². The molecule has 7 heteroatoms. The molecule has 166 valence electrons. The molecule has 0 aliphatic rings. The molecule has 33 heavy (non-hydrogen) atoms. The Morgan fingerprint density at radius 2 is 1.55 bits per heavy atom. The summed E-state index contributed by atoms with van der Waals surface area (Å²) >= 11 is 0. The standard InChI is InChI=1S/C26H24N4O3/c1-31-23-11-7-6-10-21(23)29-26(22-14-13-19-8-4-5-9-20(19)28-22)30-27-17-18-12-15-24(32-2)25(16-18)33-3/h4-17H,1-3H3,(H,29,30). The van der Waals surface area contributed by atoms with Gasteiger partial charge in [0, 0.05) is 5.39 Å². The summed E-state index contributed by atoms with van der Waals surface area (Å²) in [6.07, 6.45) is 1.68. The molecule has 0 saturated heterocycles. The lowest BCUT2D eigenvalue weighted by atomic mass is 10.2. The number of rotatable bonds is 7. The van der Waals surface area contributed by atoms with Gasteiger partial charge in [0.1, 0.15) is 17.1 Å². The number of pyridine rings is 1. The maximum Gasteiger partial charge on any atom is 0.173 e. The topological polar surface area (TPSA) is 77.3 Å². The summed E-state index contributed by atoms with van der Waals surface area (Å²) < 4.78 is 16.1. The molecule has 0 amide bonds. The van der Waals surface area contributed by atoms with E-state index >= 15 is 0 Å². The zero-order valence-electron chi connectivity index (χ0n) is 18.6. The van der Waals surface area contributed by atoms with Crippen molar-refractivity contribution in [2.24, 2.45) is 10.1 Å². The number of nitrogens with one attached hydrogen (secondary N) is 1. The second-order valence-electron chi connectivity index (χ2n) is 7.01. The molecule has 0 atom stereocenters. The predicted molar refractivity (Wildman–Crippen MR) is 131 cm³/mol. The molecule has 0 aliphatic heterocycles. The molecule has 0 fully saturated rings. The van der Waals surface area contributed by atoms with Crippen LogP contribution in [0.25, 0.3) is 10.9 Å². The Kier molecular flexibility index (Phi) is 6.80. The molecule has 7 nitrogen and oxygen atoms in total. The highest BCUT2D eigenvalue weighted by Crippen LogP contribution is 2.28. The number of hydrogen-bond acceptors (Lipinski definition) is 6. The normalized spacial score (nSPS) is 11.5. The van der Waals surface area contributed by atoms with Crippen LogP contribution in [0, 0.1) is 0 Å². The van der Waals surface area contributed by atoms with E-state index < -0.39 is 0 Å². The molecule has 1 aromatic heterocycles. The van der Waals surface area contributed by atoms with Crippen LogP contribution >= 0.6 is 0 Å². The minimum Gasteiger partial charge on any atom is -0.494 e. The number of para-hydroxylation sites is 3. The van der Waals surface area contributed by atoms with E-state index in [1.807, 2.05) is 78.9 Å². The summed E-state index contributed by atoms with van der Waals surface area (Å²) in [5, 5.41) is 5.45. The van der Waals surface area contributed by atoms with Crippen molar-refractivity contribution in [2.75, 3.05) is 21.3 Å². The van der Waals surface area contributed by atoms with Crippen molar-refractivity contribution in [2.45, 2.75) is 0 Å². The van der Waals surface area contributed by atoms with Gasteiger partial charge in [-0.1, -0.05) is 36.4 Å². The van der Waals surface area contributed by atoms with E-state index in [9.17, 15) is 0 Å². The van der Waals surface area contributed by atoms with E-state index in [1.165, 1.54) is 0 Å². The third-order valence-electron chi connectivity index (χ3n) is 4.95. The van der Waals surface area contributed by atoms with Crippen LogP contribution < -0.4 is 19.6 Å². The lowest BCUT2D eigenvalue weighted by Gasteiger charge is -2.09. The minimum absolute atomic E-state index is 0.488. The highest BCUT2D eigenvalue weighted by Gasteiger charge is 2.09. The zero-order valence-corrected chi connectivity index (χ0v) is 18.6. The summed E-state index contributed by atoms with van der Waals surface area (Å²) in [6, 6.07) is 24.9. The lowest BCUT2D eigenvalue weighted by molar-refractivity contribution is 0.355. The first-order valence-corrected chi connectivity index (χ1v) is 10.3. The van der Waals surface area contributed by atoms with Crippen LogP contribution in [0.15, 0.2) is 89.0 Å². The van der Waals surface area contributed by atoms with Gasteiger partial charge in [-0.2, -0.15) is 5.10 Å². The van der Waals surface area contributed by atoms with Crippen molar-refractivity contribution in [1.29, 1.82) is 0 Å². The van der Waals surface area contributed by atoms with E-state index in [0.29, 0.717) is 34.5 Å². The second-order valence-corrected chi connectivity index (χ2v) is 7.01. The fourth-order valence-electron chi connectivity index (χ4n) is 3.28. The van der Waals surface area contributed by atoms with Gasteiger partial charge in [0.25, 0.3) is 0 Å². The summed E-state index contributed by atoms with van der Waals surface area (Å²) in [6.45, 7) is 0. The predicted octanol–water partition coefficient (Wildman–Crippen LogP) is 4.96. The van der Waals surface area contributed by atoms with Crippen LogP contribution in [0.3, 0.4) is 0 Å². The lowest BCUT2D eigenvalue weighted by Crippen LogP contribution is -2.20. The molecule has 4 rings (SSSR count). The average Bonchev–Trinajstić information content (AvgIpc) is 2.88. The van der Waals surface area contributed by atoms with Crippen molar-refractivity contribution in [3.63, 3.8) is 0 Å². The first kappa shape index (κ1) is 21.8. The average molecular weight is 441 g/mol. The van der Waals surface area contributed by atoms with Gasteiger partial charge in [-0.15, -0.1) is 0 Å². The molecule has 0 aliphatic carbocycles. The van der Waals surface area contributed by atoms with Gasteiger partial charge in [-0.25, -0.2) is 9.98 Å². The van der Waals surface area contributed by atoms with Gasteiger partial charge < -0.3 is 14.2 Å². The van der Waals surface area contributed by atoms with Gasteiger partial charge in [-0.05, 0) is 48.0 Å². The second kappa shape index (κ2) is 10.3. The number of nitrogens with zero attached hydrogens (tertiary/aromatic N) is 3. The maximum absolute atomic E-state index is 5.45. The molecule has 0 radical (unpaired) electrons. The molecule has 0 unspecified atom stereocenters. The zero-order chi connectivity index (χ0) is 23.0. The monoisotopic (exact) mass is 440 g/mol. The molecule has 1 N–H and O–H groups in total. The first-order valence-electron chi connectivity index (χ1n) is 10.3. The molecule has 0 spiro atoms. The fourth-order valence-corrected chi connectivity index (χ4v) is 3.28. The van der Waals surface area contributed by atoms with Crippen molar-refractivity contribution in [1.82, 2.24) is 10.4 Å². The molecule has 3 aromatic carbocycles. The Labute approximate surface area is 192 Å². The largest absolute Gasteiger partial charge is 0.494 e. The molecule has 0 saturated carbocycles. The van der Waals surface area contributed by atoms with Gasteiger partial charge in [0.05, 0.1) is 33.1 Å². The van der Waals surface area contributed by atoms with Gasteiger partial charge in [0.15, 0.2) is 17.3 Å². The first-order chi connectivity index (χ1) is 16.2. The summed E-state index contributed by atoms with van der Waals surface area (Å²) in [5.41, 5.74) is 6.07. The molecular weight excluding hydrogens is 416 g/mol. The van der Waals surface area contributed by atoms with Crippen molar-refractivity contribution < 1.29 is 14.2 Å². The Hall–Kier alpha value is -4.39. The summed E-state index contributed by atoms with van der Waals surface area (Å²) in [5.74, 6) is 2.42. The Balaban J connectivity index is 1.69. The van der Waals surface area contributed by atoms with Crippen molar-refractivity contribution >= 4 is 28.6 Å². The number of aliphatic imine (C=N–C) groups is 1. The third kappa shape index (κ3) is 5.10. The summed E-state index contributed by atoms with van der Waals surface area (Å²) in [4.78, 5) is 9.52. The quantitative estimate of drug-likeness (QED) is 0.250. The highest BCUT2D eigenvalue weighted by molar-refractivity contribution is 6.01.